The number of carbonyl (C=O) groups is 2. The van der Waals surface area contributed by atoms with Crippen LogP contribution in [-0.2, 0) is 4.79 Å². The van der Waals surface area contributed by atoms with E-state index in [4.69, 9.17) is 0 Å². The molecule has 9 nitrogen and oxygen atoms in total. The second-order valence-electron chi connectivity index (χ2n) is 7.73. The van der Waals surface area contributed by atoms with Crippen molar-refractivity contribution in [1.29, 1.82) is 0 Å². The Balaban J connectivity index is 1.63. The molecule has 1 aliphatic carbocycles. The van der Waals surface area contributed by atoms with Gasteiger partial charge in [0.25, 0.3) is 11.6 Å². The molecule has 2 aliphatic rings. The highest BCUT2D eigenvalue weighted by atomic mass is 16.6. The van der Waals surface area contributed by atoms with Gasteiger partial charge in [0.05, 0.1) is 11.0 Å². The van der Waals surface area contributed by atoms with Crippen molar-refractivity contribution in [2.45, 2.75) is 44.7 Å². The summed E-state index contributed by atoms with van der Waals surface area (Å²) in [5.41, 5.74) is 0.690. The molecule has 1 unspecified atom stereocenters. The van der Waals surface area contributed by atoms with E-state index >= 15 is 0 Å². The first-order valence-electron chi connectivity index (χ1n) is 10.2. The Kier molecular flexibility index (Phi) is 6.68. The molecular weight excluding hydrogens is 374 g/mol. The first kappa shape index (κ1) is 21.0. The van der Waals surface area contributed by atoms with Gasteiger partial charge in [-0.2, -0.15) is 0 Å². The number of carbonyl (C=O) groups excluding carboxylic acids is 2. The van der Waals surface area contributed by atoms with Crippen molar-refractivity contribution < 1.29 is 14.5 Å². The maximum Gasteiger partial charge on any atom is 0.293 e. The largest absolute Gasteiger partial charge is 0.363 e. The summed E-state index contributed by atoms with van der Waals surface area (Å²) in [5.74, 6) is -0.294. The Morgan fingerprint density at radius 3 is 2.41 bits per heavy atom. The molecule has 1 aromatic rings. The molecule has 1 heterocycles. The molecule has 0 bridgehead atoms. The van der Waals surface area contributed by atoms with Crippen molar-refractivity contribution in [2.24, 2.45) is 0 Å². The molecule has 2 fully saturated rings. The van der Waals surface area contributed by atoms with Crippen LogP contribution in [0.25, 0.3) is 0 Å². The molecule has 2 amide bonds. The van der Waals surface area contributed by atoms with Gasteiger partial charge in [-0.3, -0.25) is 24.6 Å². The predicted octanol–water partition coefficient (Wildman–Crippen LogP) is 1.52. The fourth-order valence-electron chi connectivity index (χ4n) is 4.13. The molecule has 1 saturated carbocycles. The van der Waals surface area contributed by atoms with Crippen molar-refractivity contribution in [3.05, 3.63) is 33.9 Å². The van der Waals surface area contributed by atoms with Crippen LogP contribution >= 0.6 is 0 Å². The molecule has 1 aliphatic heterocycles. The zero-order valence-electron chi connectivity index (χ0n) is 17.0. The van der Waals surface area contributed by atoms with E-state index in [0.29, 0.717) is 37.9 Å². The highest BCUT2D eigenvalue weighted by molar-refractivity contribution is 5.95. The van der Waals surface area contributed by atoms with Crippen molar-refractivity contribution in [1.82, 2.24) is 15.5 Å². The lowest BCUT2D eigenvalue weighted by Crippen LogP contribution is -2.55. The topological polar surface area (TPSA) is 108 Å². The molecule has 29 heavy (non-hydrogen) atoms. The van der Waals surface area contributed by atoms with Gasteiger partial charge in [0.1, 0.15) is 5.69 Å². The molecule has 1 aromatic carbocycles. The SMILES string of the molecule is CNC(=O)c1ccc(N2CCN(C(C)C(=O)NC3CCCC3)CC2)c([N+](=O)[O-])c1. The fraction of sp³-hybridized carbons (Fsp3) is 0.600. The fourth-order valence-corrected chi connectivity index (χ4v) is 4.13. The van der Waals surface area contributed by atoms with Gasteiger partial charge in [0, 0.05) is 50.9 Å². The van der Waals surface area contributed by atoms with Crippen molar-refractivity contribution >= 4 is 23.2 Å². The maximum absolute atomic E-state index is 12.5. The van der Waals surface area contributed by atoms with E-state index in [9.17, 15) is 19.7 Å². The number of nitrogens with zero attached hydrogens (tertiary/aromatic N) is 3. The molecule has 2 N–H and O–H groups in total. The summed E-state index contributed by atoms with van der Waals surface area (Å²) in [6.45, 7) is 4.38. The van der Waals surface area contributed by atoms with Gasteiger partial charge in [-0.05, 0) is 31.9 Å². The van der Waals surface area contributed by atoms with E-state index in [1.807, 2.05) is 11.8 Å². The first-order chi connectivity index (χ1) is 13.9. The van der Waals surface area contributed by atoms with Gasteiger partial charge in [-0.15, -0.1) is 0 Å². The number of nitro benzene ring substituents is 1. The van der Waals surface area contributed by atoms with Crippen LogP contribution in [0.1, 0.15) is 43.0 Å². The van der Waals surface area contributed by atoms with Crippen molar-refractivity contribution in [3.8, 4) is 0 Å². The van der Waals surface area contributed by atoms with Crippen LogP contribution in [0.5, 0.6) is 0 Å². The van der Waals surface area contributed by atoms with Crippen molar-refractivity contribution in [2.75, 3.05) is 38.1 Å². The van der Waals surface area contributed by atoms with Gasteiger partial charge in [0.15, 0.2) is 0 Å². The molecule has 9 heteroatoms. The van der Waals surface area contributed by atoms with Crippen LogP contribution in [0.2, 0.25) is 0 Å². The van der Waals surface area contributed by atoms with E-state index in [2.05, 4.69) is 15.5 Å². The third-order valence-electron chi connectivity index (χ3n) is 5.95. The second kappa shape index (κ2) is 9.21. The number of rotatable bonds is 6. The minimum Gasteiger partial charge on any atom is -0.363 e. The van der Waals surface area contributed by atoms with Crippen LogP contribution in [0.3, 0.4) is 0 Å². The normalized spacial score (nSPS) is 19.0. The number of nitro groups is 1. The van der Waals surface area contributed by atoms with Crippen LogP contribution in [0.4, 0.5) is 11.4 Å². The summed E-state index contributed by atoms with van der Waals surface area (Å²) in [4.78, 5) is 39.5. The summed E-state index contributed by atoms with van der Waals surface area (Å²) < 4.78 is 0. The predicted molar refractivity (Wildman–Crippen MR) is 110 cm³/mol. The molecule has 0 spiro atoms. The number of benzene rings is 1. The number of anilines is 1. The highest BCUT2D eigenvalue weighted by Crippen LogP contribution is 2.30. The van der Waals surface area contributed by atoms with Crippen LogP contribution < -0.4 is 15.5 Å². The lowest BCUT2D eigenvalue weighted by Gasteiger charge is -2.38. The lowest BCUT2D eigenvalue weighted by molar-refractivity contribution is -0.384. The number of piperazine rings is 1. The van der Waals surface area contributed by atoms with Gasteiger partial charge in [0.2, 0.25) is 5.91 Å². The number of hydrogen-bond donors (Lipinski definition) is 2. The average molecular weight is 403 g/mol. The Morgan fingerprint density at radius 2 is 1.83 bits per heavy atom. The van der Waals surface area contributed by atoms with Gasteiger partial charge in [-0.25, -0.2) is 0 Å². The minimum absolute atomic E-state index is 0.0614. The highest BCUT2D eigenvalue weighted by Gasteiger charge is 2.30. The van der Waals surface area contributed by atoms with E-state index in [1.165, 1.54) is 26.0 Å². The van der Waals surface area contributed by atoms with Gasteiger partial charge in [-0.1, -0.05) is 12.8 Å². The maximum atomic E-state index is 12.5. The summed E-state index contributed by atoms with van der Waals surface area (Å²) in [6, 6.07) is 4.63. The standard InChI is InChI=1S/C20H29N5O4/c1-14(19(26)22-16-5-3-4-6-16)23-9-11-24(12-10-23)17-8-7-15(20(27)21-2)13-18(17)25(28)29/h7-8,13-14,16H,3-6,9-12H2,1-2H3,(H,21,27)(H,22,26). The summed E-state index contributed by atoms with van der Waals surface area (Å²) in [5, 5.41) is 17.2. The summed E-state index contributed by atoms with van der Waals surface area (Å²) >= 11 is 0. The first-order valence-corrected chi connectivity index (χ1v) is 10.2. The third kappa shape index (κ3) is 4.84. The summed E-state index contributed by atoms with van der Waals surface area (Å²) in [7, 11) is 1.49. The number of nitrogens with one attached hydrogen (secondary N) is 2. The van der Waals surface area contributed by atoms with E-state index in [1.54, 1.807) is 12.1 Å². The van der Waals surface area contributed by atoms with Crippen LogP contribution in [0, 0.1) is 10.1 Å². The number of amides is 2. The van der Waals surface area contributed by atoms with Crippen LogP contribution in [-0.4, -0.2) is 66.9 Å². The Labute approximate surface area is 170 Å². The molecule has 1 atom stereocenters. The minimum atomic E-state index is -0.453. The Bertz CT molecular complexity index is 770. The number of hydrogen-bond acceptors (Lipinski definition) is 6. The van der Waals surface area contributed by atoms with E-state index in [0.717, 1.165) is 12.8 Å². The zero-order chi connectivity index (χ0) is 21.0. The molecular formula is C20H29N5O4. The van der Waals surface area contributed by atoms with E-state index in [-0.39, 0.29) is 29.1 Å². The van der Waals surface area contributed by atoms with Crippen LogP contribution in [0.15, 0.2) is 18.2 Å². The zero-order valence-corrected chi connectivity index (χ0v) is 17.0. The van der Waals surface area contributed by atoms with Gasteiger partial charge < -0.3 is 15.5 Å². The van der Waals surface area contributed by atoms with E-state index < -0.39 is 4.92 Å². The van der Waals surface area contributed by atoms with Gasteiger partial charge >= 0.3 is 0 Å². The third-order valence-corrected chi connectivity index (χ3v) is 5.95. The average Bonchev–Trinajstić information content (AvgIpc) is 3.25. The lowest BCUT2D eigenvalue weighted by atomic mass is 10.1. The van der Waals surface area contributed by atoms with Crippen molar-refractivity contribution in [3.63, 3.8) is 0 Å². The Hall–Kier alpha value is -2.68. The monoisotopic (exact) mass is 403 g/mol. The molecule has 0 aromatic heterocycles. The molecule has 3 rings (SSSR count). The molecule has 158 valence electrons. The Morgan fingerprint density at radius 1 is 1.17 bits per heavy atom. The smallest absolute Gasteiger partial charge is 0.293 e. The molecule has 0 radical (unpaired) electrons. The quantitative estimate of drug-likeness (QED) is 0.551. The molecule has 1 saturated heterocycles. The second-order valence-corrected chi connectivity index (χ2v) is 7.73. The summed E-state index contributed by atoms with van der Waals surface area (Å²) in [6.07, 6.45) is 4.47.